The van der Waals surface area contributed by atoms with Crippen LogP contribution in [0.5, 0.6) is 0 Å². The molecule has 1 aromatic rings. The van der Waals surface area contributed by atoms with Crippen LogP contribution in [-0.2, 0) is 10.2 Å². The van der Waals surface area contributed by atoms with Crippen LogP contribution < -0.4 is 0 Å². The standard InChI is InChI=1S/C17H22O2/c1-11-5-6-15(16(18)19)17(4,10-11)14-8-12(2)7-13(3)9-14/h6-9,11H,5,10H2,1-4H3,(H,18,19). The first-order valence-electron chi connectivity index (χ1n) is 6.85. The maximum Gasteiger partial charge on any atom is 0.332 e. The van der Waals surface area contributed by atoms with Crippen molar-refractivity contribution >= 4 is 5.97 Å². The second kappa shape index (κ2) is 4.84. The Bertz CT molecular complexity index is 522. The second-order valence-electron chi connectivity index (χ2n) is 6.18. The monoisotopic (exact) mass is 258 g/mol. The van der Waals surface area contributed by atoms with Gasteiger partial charge in [-0.1, -0.05) is 49.2 Å². The normalized spacial score (nSPS) is 26.9. The summed E-state index contributed by atoms with van der Waals surface area (Å²) >= 11 is 0. The summed E-state index contributed by atoms with van der Waals surface area (Å²) in [4.78, 5) is 11.6. The average Bonchev–Trinajstić information content (AvgIpc) is 2.26. The molecule has 102 valence electrons. The molecular formula is C17H22O2. The molecule has 0 radical (unpaired) electrons. The number of rotatable bonds is 2. The molecule has 0 bridgehead atoms. The van der Waals surface area contributed by atoms with E-state index in [1.807, 2.05) is 6.08 Å². The lowest BCUT2D eigenvalue weighted by Crippen LogP contribution is -2.34. The summed E-state index contributed by atoms with van der Waals surface area (Å²) in [6.07, 6.45) is 3.67. The smallest absolute Gasteiger partial charge is 0.332 e. The highest BCUT2D eigenvalue weighted by Crippen LogP contribution is 2.43. The van der Waals surface area contributed by atoms with E-state index in [9.17, 15) is 9.90 Å². The molecule has 0 amide bonds. The predicted octanol–water partition coefficient (Wildman–Crippen LogP) is 4.00. The van der Waals surface area contributed by atoms with Gasteiger partial charge in [0.2, 0.25) is 0 Å². The number of hydrogen-bond acceptors (Lipinski definition) is 1. The van der Waals surface area contributed by atoms with Crippen LogP contribution in [0.15, 0.2) is 29.8 Å². The topological polar surface area (TPSA) is 37.3 Å². The Morgan fingerprint density at radius 1 is 1.26 bits per heavy atom. The maximum atomic E-state index is 11.6. The predicted molar refractivity (Wildman–Crippen MR) is 77.4 cm³/mol. The second-order valence-corrected chi connectivity index (χ2v) is 6.18. The van der Waals surface area contributed by atoms with Crippen molar-refractivity contribution in [1.29, 1.82) is 0 Å². The minimum absolute atomic E-state index is 0.375. The number of carboxylic acid groups (broad SMARTS) is 1. The zero-order valence-electron chi connectivity index (χ0n) is 12.2. The molecule has 2 nitrogen and oxygen atoms in total. The molecule has 1 aliphatic rings. The van der Waals surface area contributed by atoms with E-state index in [0.29, 0.717) is 11.5 Å². The first kappa shape index (κ1) is 13.9. The third kappa shape index (κ3) is 2.58. The minimum atomic E-state index is -0.784. The fourth-order valence-corrected chi connectivity index (χ4v) is 3.32. The first-order valence-corrected chi connectivity index (χ1v) is 6.85. The van der Waals surface area contributed by atoms with Crippen molar-refractivity contribution in [3.63, 3.8) is 0 Å². The number of aliphatic carboxylic acids is 1. The van der Waals surface area contributed by atoms with Gasteiger partial charge in [-0.2, -0.15) is 0 Å². The molecule has 2 rings (SSSR count). The highest BCUT2D eigenvalue weighted by molar-refractivity contribution is 5.90. The Hall–Kier alpha value is -1.57. The van der Waals surface area contributed by atoms with Gasteiger partial charge in [0.05, 0.1) is 0 Å². The van der Waals surface area contributed by atoms with Crippen LogP contribution in [0, 0.1) is 19.8 Å². The van der Waals surface area contributed by atoms with Crippen molar-refractivity contribution < 1.29 is 9.90 Å². The van der Waals surface area contributed by atoms with Crippen molar-refractivity contribution in [1.82, 2.24) is 0 Å². The molecule has 0 heterocycles. The number of carboxylic acids is 1. The van der Waals surface area contributed by atoms with Crippen molar-refractivity contribution in [2.45, 2.75) is 46.0 Å². The Labute approximate surface area is 115 Å². The molecule has 1 N–H and O–H groups in total. The molecular weight excluding hydrogens is 236 g/mol. The zero-order chi connectivity index (χ0) is 14.2. The molecule has 2 unspecified atom stereocenters. The van der Waals surface area contributed by atoms with Crippen molar-refractivity contribution in [3.05, 3.63) is 46.5 Å². The van der Waals surface area contributed by atoms with Crippen molar-refractivity contribution in [2.24, 2.45) is 5.92 Å². The van der Waals surface area contributed by atoms with E-state index >= 15 is 0 Å². The number of aryl methyl sites for hydroxylation is 2. The van der Waals surface area contributed by atoms with Gasteiger partial charge in [0.15, 0.2) is 0 Å². The van der Waals surface area contributed by atoms with Gasteiger partial charge in [0.1, 0.15) is 0 Å². The van der Waals surface area contributed by atoms with E-state index in [1.165, 1.54) is 11.1 Å². The van der Waals surface area contributed by atoms with Gasteiger partial charge in [0, 0.05) is 11.0 Å². The van der Waals surface area contributed by atoms with E-state index < -0.39 is 5.97 Å². The molecule has 1 aliphatic carbocycles. The van der Waals surface area contributed by atoms with Gasteiger partial charge in [-0.25, -0.2) is 4.79 Å². The van der Waals surface area contributed by atoms with Gasteiger partial charge >= 0.3 is 5.97 Å². The van der Waals surface area contributed by atoms with E-state index in [0.717, 1.165) is 18.4 Å². The van der Waals surface area contributed by atoms with Gasteiger partial charge in [-0.05, 0) is 38.2 Å². The Kier molecular flexibility index (Phi) is 3.53. The molecule has 0 aliphatic heterocycles. The SMILES string of the molecule is Cc1cc(C)cc(C2(C)CC(C)CC=C2C(=O)O)c1. The molecule has 0 aromatic heterocycles. The summed E-state index contributed by atoms with van der Waals surface area (Å²) in [5, 5.41) is 9.49. The number of benzene rings is 1. The summed E-state index contributed by atoms with van der Waals surface area (Å²) in [5.41, 5.74) is 3.69. The summed E-state index contributed by atoms with van der Waals surface area (Å²) < 4.78 is 0. The van der Waals surface area contributed by atoms with Crippen molar-refractivity contribution in [3.8, 4) is 0 Å². The van der Waals surface area contributed by atoms with E-state index in [-0.39, 0.29) is 5.41 Å². The summed E-state index contributed by atoms with van der Waals surface area (Å²) in [6, 6.07) is 6.38. The van der Waals surface area contributed by atoms with Crippen LogP contribution >= 0.6 is 0 Å². The summed E-state index contributed by atoms with van der Waals surface area (Å²) in [6.45, 7) is 8.39. The Balaban J connectivity index is 2.57. The highest BCUT2D eigenvalue weighted by atomic mass is 16.4. The van der Waals surface area contributed by atoms with Crippen LogP contribution in [0.25, 0.3) is 0 Å². The van der Waals surface area contributed by atoms with Gasteiger partial charge < -0.3 is 5.11 Å². The number of hydrogen-bond donors (Lipinski definition) is 1. The highest BCUT2D eigenvalue weighted by Gasteiger charge is 2.39. The van der Waals surface area contributed by atoms with Gasteiger partial charge in [-0.3, -0.25) is 0 Å². The van der Waals surface area contributed by atoms with Crippen LogP contribution in [-0.4, -0.2) is 11.1 Å². The molecule has 1 aromatic carbocycles. The van der Waals surface area contributed by atoms with Crippen LogP contribution in [0.4, 0.5) is 0 Å². The summed E-state index contributed by atoms with van der Waals surface area (Å²) in [7, 11) is 0. The van der Waals surface area contributed by atoms with Gasteiger partial charge in [0.25, 0.3) is 0 Å². The lowest BCUT2D eigenvalue weighted by molar-refractivity contribution is -0.133. The molecule has 0 spiro atoms. The third-order valence-corrected chi connectivity index (χ3v) is 4.16. The fraction of sp³-hybridized carbons (Fsp3) is 0.471. The van der Waals surface area contributed by atoms with Crippen molar-refractivity contribution in [2.75, 3.05) is 0 Å². The molecule has 0 fully saturated rings. The molecule has 19 heavy (non-hydrogen) atoms. The lowest BCUT2D eigenvalue weighted by Gasteiger charge is -2.37. The quantitative estimate of drug-likeness (QED) is 0.870. The Morgan fingerprint density at radius 3 is 2.37 bits per heavy atom. The fourth-order valence-electron chi connectivity index (χ4n) is 3.32. The number of allylic oxidation sites excluding steroid dienone is 1. The lowest BCUT2D eigenvalue weighted by atomic mass is 9.66. The minimum Gasteiger partial charge on any atom is -0.478 e. The molecule has 2 atom stereocenters. The Morgan fingerprint density at radius 2 is 1.84 bits per heavy atom. The maximum absolute atomic E-state index is 11.6. The molecule has 0 saturated heterocycles. The zero-order valence-corrected chi connectivity index (χ0v) is 12.2. The van der Waals surface area contributed by atoms with E-state index in [1.54, 1.807) is 0 Å². The van der Waals surface area contributed by atoms with Crippen LogP contribution in [0.3, 0.4) is 0 Å². The third-order valence-electron chi connectivity index (χ3n) is 4.16. The van der Waals surface area contributed by atoms with Crippen LogP contribution in [0.2, 0.25) is 0 Å². The number of carbonyl (C=O) groups is 1. The first-order chi connectivity index (χ1) is 8.83. The van der Waals surface area contributed by atoms with E-state index in [4.69, 9.17) is 0 Å². The average molecular weight is 258 g/mol. The van der Waals surface area contributed by atoms with E-state index in [2.05, 4.69) is 45.9 Å². The molecule has 0 saturated carbocycles. The summed E-state index contributed by atoms with van der Waals surface area (Å²) in [5.74, 6) is -0.262. The van der Waals surface area contributed by atoms with Gasteiger partial charge in [-0.15, -0.1) is 0 Å². The molecule has 2 heteroatoms. The largest absolute Gasteiger partial charge is 0.478 e. The van der Waals surface area contributed by atoms with Crippen LogP contribution in [0.1, 0.15) is 43.4 Å².